The van der Waals surface area contributed by atoms with Crippen molar-refractivity contribution in [2.75, 3.05) is 18.2 Å². The van der Waals surface area contributed by atoms with Crippen molar-refractivity contribution < 1.29 is 14.5 Å². The van der Waals surface area contributed by atoms with Crippen molar-refractivity contribution in [3.8, 4) is 11.4 Å². The van der Waals surface area contributed by atoms with Crippen molar-refractivity contribution in [2.45, 2.75) is 12.7 Å². The number of amides is 1. The van der Waals surface area contributed by atoms with Gasteiger partial charge < -0.3 is 10.1 Å². The summed E-state index contributed by atoms with van der Waals surface area (Å²) in [5.41, 5.74) is 3.06. The standard InChI is InChI=1S/C18H18N6O4S/c1-12-7-14(4-5-15(12)23-11-19-21-22-23)20-18(25)10-29-9-13-3-6-17(28-2)16(8-13)24(26)27/h3-8,11H,9-10H2,1-2H3,(H,20,25). The first kappa shape index (κ1) is 20.3. The van der Waals surface area contributed by atoms with Crippen LogP contribution in [-0.2, 0) is 10.5 Å². The van der Waals surface area contributed by atoms with Crippen molar-refractivity contribution in [1.82, 2.24) is 20.2 Å². The fraction of sp³-hybridized carbons (Fsp3) is 0.222. The van der Waals surface area contributed by atoms with Gasteiger partial charge in [-0.25, -0.2) is 4.68 Å². The van der Waals surface area contributed by atoms with Gasteiger partial charge in [-0.2, -0.15) is 0 Å². The fourth-order valence-corrected chi connectivity index (χ4v) is 3.46. The molecular formula is C18H18N6O4S. The van der Waals surface area contributed by atoms with Gasteiger partial charge in [-0.1, -0.05) is 6.07 Å². The van der Waals surface area contributed by atoms with Crippen LogP contribution in [0.25, 0.3) is 5.69 Å². The molecule has 0 bridgehead atoms. The van der Waals surface area contributed by atoms with Crippen LogP contribution in [0.1, 0.15) is 11.1 Å². The maximum absolute atomic E-state index is 12.2. The number of nitrogens with one attached hydrogen (secondary N) is 1. The van der Waals surface area contributed by atoms with E-state index in [4.69, 9.17) is 4.74 Å². The summed E-state index contributed by atoms with van der Waals surface area (Å²) in [6.07, 6.45) is 1.50. The molecule has 3 aromatic rings. The van der Waals surface area contributed by atoms with Gasteiger partial charge in [-0.15, -0.1) is 16.9 Å². The molecule has 0 fully saturated rings. The molecule has 10 nitrogen and oxygen atoms in total. The average Bonchev–Trinajstić information content (AvgIpc) is 3.22. The van der Waals surface area contributed by atoms with Crippen LogP contribution in [0.5, 0.6) is 5.75 Å². The van der Waals surface area contributed by atoms with Crippen molar-refractivity contribution in [2.24, 2.45) is 0 Å². The third-order valence-electron chi connectivity index (χ3n) is 4.02. The van der Waals surface area contributed by atoms with Crippen molar-refractivity contribution in [3.63, 3.8) is 0 Å². The monoisotopic (exact) mass is 414 g/mol. The van der Waals surface area contributed by atoms with Gasteiger partial charge in [0.05, 0.1) is 23.5 Å². The topological polar surface area (TPSA) is 125 Å². The molecule has 29 heavy (non-hydrogen) atoms. The van der Waals surface area contributed by atoms with Gasteiger partial charge in [-0.05, 0) is 52.7 Å². The number of rotatable bonds is 8. The second-order valence-corrected chi connectivity index (χ2v) is 7.05. The quantitative estimate of drug-likeness (QED) is 0.441. The number of methoxy groups -OCH3 is 1. The van der Waals surface area contributed by atoms with E-state index in [-0.39, 0.29) is 23.1 Å². The first-order chi connectivity index (χ1) is 14.0. The summed E-state index contributed by atoms with van der Waals surface area (Å²) in [5, 5.41) is 25.0. The zero-order chi connectivity index (χ0) is 20.8. The highest BCUT2D eigenvalue weighted by molar-refractivity contribution is 7.99. The van der Waals surface area contributed by atoms with E-state index in [0.29, 0.717) is 11.4 Å². The van der Waals surface area contributed by atoms with Gasteiger partial charge in [0.1, 0.15) is 6.33 Å². The molecule has 0 saturated heterocycles. The number of nitrogens with zero attached hydrogens (tertiary/aromatic N) is 5. The first-order valence-corrected chi connectivity index (χ1v) is 9.66. The van der Waals surface area contributed by atoms with Crippen LogP contribution in [0, 0.1) is 17.0 Å². The smallest absolute Gasteiger partial charge is 0.311 e. The number of hydrogen-bond acceptors (Lipinski definition) is 8. The number of carbonyl (C=O) groups excluding carboxylic acids is 1. The molecule has 0 aliphatic carbocycles. The van der Waals surface area contributed by atoms with E-state index in [2.05, 4.69) is 20.8 Å². The van der Waals surface area contributed by atoms with Crippen molar-refractivity contribution in [3.05, 3.63) is 64.0 Å². The molecule has 0 aliphatic heterocycles. The Balaban J connectivity index is 1.55. The highest BCUT2D eigenvalue weighted by atomic mass is 32.2. The molecule has 11 heteroatoms. The largest absolute Gasteiger partial charge is 0.490 e. The SMILES string of the molecule is COc1ccc(CSCC(=O)Nc2ccc(-n3cnnn3)c(C)c2)cc1[N+](=O)[O-]. The normalized spacial score (nSPS) is 10.6. The van der Waals surface area contributed by atoms with Crippen molar-refractivity contribution >= 4 is 29.0 Å². The van der Waals surface area contributed by atoms with E-state index in [1.54, 1.807) is 22.9 Å². The Kier molecular flexibility index (Phi) is 6.39. The summed E-state index contributed by atoms with van der Waals surface area (Å²) in [7, 11) is 1.39. The summed E-state index contributed by atoms with van der Waals surface area (Å²) in [6, 6.07) is 10.2. The van der Waals surface area contributed by atoms with Gasteiger partial charge in [0.2, 0.25) is 5.91 Å². The predicted octanol–water partition coefficient (Wildman–Crippen LogP) is 2.76. The van der Waals surface area contributed by atoms with Crippen LogP contribution >= 0.6 is 11.8 Å². The number of thioether (sulfide) groups is 1. The number of ether oxygens (including phenoxy) is 1. The lowest BCUT2D eigenvalue weighted by atomic mass is 10.2. The molecule has 3 rings (SSSR count). The first-order valence-electron chi connectivity index (χ1n) is 8.51. The molecule has 1 heterocycles. The Morgan fingerprint density at radius 3 is 2.79 bits per heavy atom. The summed E-state index contributed by atoms with van der Waals surface area (Å²) >= 11 is 1.37. The van der Waals surface area contributed by atoms with Gasteiger partial charge in [0, 0.05) is 17.5 Å². The molecule has 2 aromatic carbocycles. The van der Waals surface area contributed by atoms with Gasteiger partial charge in [0.15, 0.2) is 5.75 Å². The zero-order valence-corrected chi connectivity index (χ0v) is 16.5. The number of hydrogen-bond donors (Lipinski definition) is 1. The van der Waals surface area contributed by atoms with Gasteiger partial charge in [-0.3, -0.25) is 14.9 Å². The third-order valence-corrected chi connectivity index (χ3v) is 5.02. The number of anilines is 1. The zero-order valence-electron chi connectivity index (χ0n) is 15.7. The Morgan fingerprint density at radius 2 is 2.14 bits per heavy atom. The number of nitro benzene ring substituents is 1. The molecule has 1 amide bonds. The fourth-order valence-electron chi connectivity index (χ4n) is 2.69. The molecule has 0 spiro atoms. The Labute approximate surface area is 170 Å². The predicted molar refractivity (Wildman–Crippen MR) is 108 cm³/mol. The lowest BCUT2D eigenvalue weighted by molar-refractivity contribution is -0.385. The van der Waals surface area contributed by atoms with Crippen LogP contribution < -0.4 is 10.1 Å². The van der Waals surface area contributed by atoms with Crippen LogP contribution in [-0.4, -0.2) is 43.9 Å². The minimum Gasteiger partial charge on any atom is -0.490 e. The molecule has 0 radical (unpaired) electrons. The molecule has 0 unspecified atom stereocenters. The van der Waals surface area contributed by atoms with Crippen LogP contribution in [0.3, 0.4) is 0 Å². The van der Waals surface area contributed by atoms with E-state index in [0.717, 1.165) is 16.8 Å². The second-order valence-electron chi connectivity index (χ2n) is 6.06. The summed E-state index contributed by atoms with van der Waals surface area (Å²) in [5.74, 6) is 0.734. The summed E-state index contributed by atoms with van der Waals surface area (Å²) in [4.78, 5) is 22.8. The summed E-state index contributed by atoms with van der Waals surface area (Å²) < 4.78 is 6.53. The molecule has 1 aromatic heterocycles. The lowest BCUT2D eigenvalue weighted by Gasteiger charge is -2.09. The summed E-state index contributed by atoms with van der Waals surface area (Å²) in [6.45, 7) is 1.90. The average molecular weight is 414 g/mol. The number of carbonyl (C=O) groups is 1. The molecular weight excluding hydrogens is 396 g/mol. The minimum absolute atomic E-state index is 0.0896. The molecule has 0 aliphatic rings. The second kappa shape index (κ2) is 9.15. The van der Waals surface area contributed by atoms with Crippen LogP contribution in [0.2, 0.25) is 0 Å². The van der Waals surface area contributed by atoms with E-state index in [1.807, 2.05) is 19.1 Å². The minimum atomic E-state index is -0.485. The molecule has 1 N–H and O–H groups in total. The van der Waals surface area contributed by atoms with Crippen molar-refractivity contribution in [1.29, 1.82) is 0 Å². The Bertz CT molecular complexity index is 1030. The molecule has 150 valence electrons. The van der Waals surface area contributed by atoms with Gasteiger partial charge in [0.25, 0.3) is 0 Å². The third kappa shape index (κ3) is 5.08. The highest BCUT2D eigenvalue weighted by Gasteiger charge is 2.15. The number of aryl methyl sites for hydroxylation is 1. The lowest BCUT2D eigenvalue weighted by Crippen LogP contribution is -2.14. The molecule has 0 atom stereocenters. The Morgan fingerprint density at radius 1 is 1.31 bits per heavy atom. The van der Waals surface area contributed by atoms with Crippen LogP contribution in [0.15, 0.2) is 42.7 Å². The van der Waals surface area contributed by atoms with E-state index in [1.165, 1.54) is 31.3 Å². The van der Waals surface area contributed by atoms with Crippen LogP contribution in [0.4, 0.5) is 11.4 Å². The number of tetrazole rings is 1. The molecule has 0 saturated carbocycles. The highest BCUT2D eigenvalue weighted by Crippen LogP contribution is 2.29. The maximum Gasteiger partial charge on any atom is 0.311 e. The van der Waals surface area contributed by atoms with E-state index in [9.17, 15) is 14.9 Å². The number of benzene rings is 2. The number of aromatic nitrogens is 4. The van der Waals surface area contributed by atoms with E-state index >= 15 is 0 Å². The maximum atomic E-state index is 12.2. The Hall–Kier alpha value is -3.47. The van der Waals surface area contributed by atoms with Gasteiger partial charge >= 0.3 is 5.69 Å². The number of nitro groups is 1. The van der Waals surface area contributed by atoms with E-state index < -0.39 is 4.92 Å².